The van der Waals surface area contributed by atoms with Crippen molar-refractivity contribution in [1.82, 2.24) is 5.32 Å². The van der Waals surface area contributed by atoms with Gasteiger partial charge in [0.25, 0.3) is 5.91 Å². The third-order valence-electron chi connectivity index (χ3n) is 3.49. The minimum atomic E-state index is -0.163. The van der Waals surface area contributed by atoms with Crippen molar-refractivity contribution in [2.75, 3.05) is 13.7 Å². The van der Waals surface area contributed by atoms with Crippen LogP contribution in [0.15, 0.2) is 42.5 Å². The summed E-state index contributed by atoms with van der Waals surface area (Å²) in [6.45, 7) is 4.49. The molecule has 0 saturated carbocycles. The number of aryl methyl sites for hydroxylation is 2. The van der Waals surface area contributed by atoms with Gasteiger partial charge in [-0.15, -0.1) is 0 Å². The number of carbonyl (C=O) groups is 1. The molecule has 0 radical (unpaired) electrons. The molecule has 0 heterocycles. The number of hydrogen-bond donors (Lipinski definition) is 1. The number of carbonyl (C=O) groups excluding carboxylic acids is 1. The van der Waals surface area contributed by atoms with Gasteiger partial charge in [-0.05, 0) is 43.2 Å². The molecule has 1 N–H and O–H groups in total. The van der Waals surface area contributed by atoms with Gasteiger partial charge >= 0.3 is 0 Å². The van der Waals surface area contributed by atoms with E-state index in [1.54, 1.807) is 7.11 Å². The molecule has 0 bridgehead atoms. The second-order valence-corrected chi connectivity index (χ2v) is 5.13. The second-order valence-electron chi connectivity index (χ2n) is 5.13. The summed E-state index contributed by atoms with van der Waals surface area (Å²) in [4.78, 5) is 11.9. The average molecular weight is 299 g/mol. The van der Waals surface area contributed by atoms with Gasteiger partial charge in [0.05, 0.1) is 7.11 Å². The number of ether oxygens (including phenoxy) is 2. The fourth-order valence-corrected chi connectivity index (χ4v) is 2.09. The number of methoxy groups -OCH3 is 1. The Morgan fingerprint density at radius 2 is 1.77 bits per heavy atom. The predicted octanol–water partition coefficient (Wildman–Crippen LogP) is 3.01. The molecule has 2 rings (SSSR count). The first-order valence-electron chi connectivity index (χ1n) is 7.19. The van der Waals surface area contributed by atoms with Crippen molar-refractivity contribution < 1.29 is 14.3 Å². The Labute approximate surface area is 131 Å². The highest BCUT2D eigenvalue weighted by atomic mass is 16.5. The van der Waals surface area contributed by atoms with E-state index < -0.39 is 0 Å². The third-order valence-corrected chi connectivity index (χ3v) is 3.49. The highest BCUT2D eigenvalue weighted by molar-refractivity contribution is 5.77. The summed E-state index contributed by atoms with van der Waals surface area (Å²) < 4.78 is 10.8. The summed E-state index contributed by atoms with van der Waals surface area (Å²) in [6.07, 6.45) is 0. The number of para-hydroxylation sites is 1. The van der Waals surface area contributed by atoms with Crippen LogP contribution in [-0.4, -0.2) is 19.6 Å². The number of amides is 1. The van der Waals surface area contributed by atoms with Gasteiger partial charge in [-0.2, -0.15) is 0 Å². The molecular weight excluding hydrogens is 278 g/mol. The Bertz CT molecular complexity index is 638. The molecule has 2 aromatic carbocycles. The Morgan fingerprint density at radius 1 is 1.09 bits per heavy atom. The van der Waals surface area contributed by atoms with Crippen molar-refractivity contribution in [1.29, 1.82) is 0 Å². The molecule has 0 aliphatic carbocycles. The molecule has 2 aromatic rings. The minimum Gasteiger partial charge on any atom is -0.496 e. The molecule has 1 amide bonds. The van der Waals surface area contributed by atoms with Gasteiger partial charge in [-0.3, -0.25) is 4.79 Å². The molecule has 0 atom stereocenters. The standard InChI is InChI=1S/C18H21NO3/c1-13-9-15(17(21-3)10-14(13)2)11-19-18(20)12-22-16-7-5-4-6-8-16/h4-10H,11-12H2,1-3H3,(H,19,20). The Hall–Kier alpha value is -2.49. The van der Waals surface area contributed by atoms with Crippen LogP contribution in [0, 0.1) is 13.8 Å². The van der Waals surface area contributed by atoms with Gasteiger partial charge < -0.3 is 14.8 Å². The molecule has 0 unspecified atom stereocenters. The average Bonchev–Trinajstić information content (AvgIpc) is 2.54. The maximum atomic E-state index is 11.9. The Kier molecular flexibility index (Phi) is 5.42. The summed E-state index contributed by atoms with van der Waals surface area (Å²) in [5.41, 5.74) is 3.29. The van der Waals surface area contributed by atoms with Gasteiger partial charge in [-0.1, -0.05) is 24.3 Å². The number of hydrogen-bond acceptors (Lipinski definition) is 3. The zero-order chi connectivity index (χ0) is 15.9. The summed E-state index contributed by atoms with van der Waals surface area (Å²) in [5.74, 6) is 1.30. The summed E-state index contributed by atoms with van der Waals surface area (Å²) >= 11 is 0. The molecule has 0 saturated heterocycles. The first-order valence-corrected chi connectivity index (χ1v) is 7.19. The smallest absolute Gasteiger partial charge is 0.258 e. The second kappa shape index (κ2) is 7.50. The monoisotopic (exact) mass is 299 g/mol. The third kappa shape index (κ3) is 4.25. The fraction of sp³-hybridized carbons (Fsp3) is 0.278. The van der Waals surface area contributed by atoms with E-state index in [2.05, 4.69) is 5.32 Å². The van der Waals surface area contributed by atoms with Crippen molar-refractivity contribution >= 4 is 5.91 Å². The largest absolute Gasteiger partial charge is 0.496 e. The molecule has 0 aliphatic rings. The first-order chi connectivity index (χ1) is 10.6. The predicted molar refractivity (Wildman–Crippen MR) is 86.3 cm³/mol. The highest BCUT2D eigenvalue weighted by Gasteiger charge is 2.08. The van der Waals surface area contributed by atoms with Crippen molar-refractivity contribution in [3.63, 3.8) is 0 Å². The number of benzene rings is 2. The van der Waals surface area contributed by atoms with Gasteiger partial charge in [0, 0.05) is 12.1 Å². The van der Waals surface area contributed by atoms with Crippen LogP contribution in [0.4, 0.5) is 0 Å². The van der Waals surface area contributed by atoms with Crippen LogP contribution in [-0.2, 0) is 11.3 Å². The van der Waals surface area contributed by atoms with Gasteiger partial charge in [0.1, 0.15) is 11.5 Å². The zero-order valence-corrected chi connectivity index (χ0v) is 13.2. The maximum absolute atomic E-state index is 11.9. The van der Waals surface area contributed by atoms with E-state index in [1.807, 2.05) is 56.3 Å². The van der Waals surface area contributed by atoms with Crippen LogP contribution in [0.25, 0.3) is 0 Å². The van der Waals surface area contributed by atoms with E-state index in [0.29, 0.717) is 12.3 Å². The summed E-state index contributed by atoms with van der Waals surface area (Å²) in [6, 6.07) is 13.3. The first kappa shape index (κ1) is 15.9. The summed E-state index contributed by atoms with van der Waals surface area (Å²) in [5, 5.41) is 2.85. The van der Waals surface area contributed by atoms with Gasteiger partial charge in [0.2, 0.25) is 0 Å². The maximum Gasteiger partial charge on any atom is 0.258 e. The fourth-order valence-electron chi connectivity index (χ4n) is 2.09. The van der Waals surface area contributed by atoms with Crippen LogP contribution in [0.2, 0.25) is 0 Å². The number of nitrogens with one attached hydrogen (secondary N) is 1. The van der Waals surface area contributed by atoms with Crippen molar-refractivity contribution in [2.24, 2.45) is 0 Å². The van der Waals surface area contributed by atoms with Crippen LogP contribution in [0.3, 0.4) is 0 Å². The minimum absolute atomic E-state index is 0.00281. The van der Waals surface area contributed by atoms with Gasteiger partial charge in [-0.25, -0.2) is 0 Å². The lowest BCUT2D eigenvalue weighted by Gasteiger charge is -2.13. The van der Waals surface area contributed by atoms with Crippen LogP contribution >= 0.6 is 0 Å². The molecular formula is C18H21NO3. The molecule has 22 heavy (non-hydrogen) atoms. The molecule has 116 valence electrons. The van der Waals surface area contributed by atoms with Crippen LogP contribution in [0.5, 0.6) is 11.5 Å². The van der Waals surface area contributed by atoms with E-state index in [1.165, 1.54) is 11.1 Å². The number of rotatable bonds is 6. The highest BCUT2D eigenvalue weighted by Crippen LogP contribution is 2.22. The molecule has 4 nitrogen and oxygen atoms in total. The summed E-state index contributed by atoms with van der Waals surface area (Å²) in [7, 11) is 1.63. The lowest BCUT2D eigenvalue weighted by molar-refractivity contribution is -0.123. The van der Waals surface area contributed by atoms with Crippen molar-refractivity contribution in [3.8, 4) is 11.5 Å². The van der Waals surface area contributed by atoms with Crippen molar-refractivity contribution in [2.45, 2.75) is 20.4 Å². The van der Waals surface area contributed by atoms with E-state index >= 15 is 0 Å². The Morgan fingerprint density at radius 3 is 2.45 bits per heavy atom. The Balaban J connectivity index is 1.90. The van der Waals surface area contributed by atoms with E-state index in [9.17, 15) is 4.79 Å². The quantitative estimate of drug-likeness (QED) is 0.892. The molecule has 0 fully saturated rings. The molecule has 0 aromatic heterocycles. The zero-order valence-electron chi connectivity index (χ0n) is 13.2. The SMILES string of the molecule is COc1cc(C)c(C)cc1CNC(=O)COc1ccccc1. The molecule has 0 aliphatic heterocycles. The van der Waals surface area contributed by atoms with E-state index in [0.717, 1.165) is 11.3 Å². The molecule has 0 spiro atoms. The molecule has 4 heteroatoms. The van der Waals surface area contributed by atoms with E-state index in [4.69, 9.17) is 9.47 Å². The van der Waals surface area contributed by atoms with Crippen LogP contribution < -0.4 is 14.8 Å². The van der Waals surface area contributed by atoms with Crippen LogP contribution in [0.1, 0.15) is 16.7 Å². The lowest BCUT2D eigenvalue weighted by Crippen LogP contribution is -2.28. The topological polar surface area (TPSA) is 47.6 Å². The van der Waals surface area contributed by atoms with Crippen molar-refractivity contribution in [3.05, 3.63) is 59.2 Å². The normalized spacial score (nSPS) is 10.1. The van der Waals surface area contributed by atoms with E-state index in [-0.39, 0.29) is 12.5 Å². The lowest BCUT2D eigenvalue weighted by atomic mass is 10.0. The van der Waals surface area contributed by atoms with Gasteiger partial charge in [0.15, 0.2) is 6.61 Å².